The first-order chi connectivity index (χ1) is 8.24. The van der Waals surface area contributed by atoms with Crippen LogP contribution < -0.4 is 5.32 Å². The lowest BCUT2D eigenvalue weighted by Crippen LogP contribution is -2.40. The molecule has 0 radical (unpaired) electrons. The van der Waals surface area contributed by atoms with Gasteiger partial charge >= 0.3 is 5.97 Å². The minimum Gasteiger partial charge on any atom is -0.480 e. The maximum absolute atomic E-state index is 10.9. The predicted octanol–water partition coefficient (Wildman–Crippen LogP) is 0.552. The second-order valence-corrected chi connectivity index (χ2v) is 4.44. The van der Waals surface area contributed by atoms with E-state index < -0.39 is 5.97 Å². The molecule has 0 aromatic heterocycles. The van der Waals surface area contributed by atoms with Gasteiger partial charge in [0, 0.05) is 13.1 Å². The highest BCUT2D eigenvalue weighted by molar-refractivity contribution is 5.73. The first-order valence-corrected chi connectivity index (χ1v) is 6.50. The smallest absolute Gasteiger partial charge is 0.320 e. The molecule has 1 saturated heterocycles. The number of aliphatic carboxylic acids is 1. The molecule has 5 nitrogen and oxygen atoms in total. The van der Waals surface area contributed by atoms with Crippen molar-refractivity contribution in [3.8, 4) is 0 Å². The molecule has 100 valence electrons. The van der Waals surface area contributed by atoms with Crippen LogP contribution in [0.1, 0.15) is 26.2 Å². The summed E-state index contributed by atoms with van der Waals surface area (Å²) in [7, 11) is 0. The summed E-state index contributed by atoms with van der Waals surface area (Å²) < 4.78 is 5.27. The van der Waals surface area contributed by atoms with Gasteiger partial charge in [0.15, 0.2) is 0 Å². The number of carboxylic acid groups (broad SMARTS) is 1. The van der Waals surface area contributed by atoms with Gasteiger partial charge in [-0.05, 0) is 25.9 Å². The van der Waals surface area contributed by atoms with Crippen LogP contribution in [0.5, 0.6) is 0 Å². The highest BCUT2D eigenvalue weighted by Crippen LogP contribution is 1.99. The quantitative estimate of drug-likeness (QED) is 0.611. The third-order valence-corrected chi connectivity index (χ3v) is 3.02. The van der Waals surface area contributed by atoms with Crippen LogP contribution in [0.15, 0.2) is 0 Å². The molecule has 0 aliphatic carbocycles. The van der Waals surface area contributed by atoms with Crippen LogP contribution in [-0.2, 0) is 9.53 Å². The van der Waals surface area contributed by atoms with Gasteiger partial charge in [0.2, 0.25) is 0 Å². The number of carbonyl (C=O) groups is 1. The van der Waals surface area contributed by atoms with Crippen molar-refractivity contribution in [2.45, 2.75) is 32.2 Å². The summed E-state index contributed by atoms with van der Waals surface area (Å²) in [5.74, 6) is -0.738. The van der Waals surface area contributed by atoms with E-state index in [2.05, 4.69) is 10.2 Å². The molecule has 1 fully saturated rings. The molecule has 2 N–H and O–H groups in total. The van der Waals surface area contributed by atoms with Crippen molar-refractivity contribution in [2.75, 3.05) is 39.4 Å². The van der Waals surface area contributed by atoms with E-state index in [-0.39, 0.29) is 6.04 Å². The van der Waals surface area contributed by atoms with Crippen molar-refractivity contribution >= 4 is 5.97 Å². The molecule has 0 aromatic carbocycles. The lowest BCUT2D eigenvalue weighted by molar-refractivity contribution is -0.139. The third-order valence-electron chi connectivity index (χ3n) is 3.02. The number of morpholine rings is 1. The molecule has 17 heavy (non-hydrogen) atoms. The molecule has 1 unspecified atom stereocenters. The Morgan fingerprint density at radius 2 is 2.18 bits per heavy atom. The predicted molar refractivity (Wildman–Crippen MR) is 66.2 cm³/mol. The Balaban J connectivity index is 2.06. The molecule has 1 rings (SSSR count). The van der Waals surface area contributed by atoms with Gasteiger partial charge in [0.25, 0.3) is 0 Å². The first kappa shape index (κ1) is 14.4. The Hall–Kier alpha value is -0.650. The van der Waals surface area contributed by atoms with Crippen LogP contribution in [-0.4, -0.2) is 61.4 Å². The van der Waals surface area contributed by atoms with Crippen molar-refractivity contribution < 1.29 is 14.6 Å². The average Bonchev–Trinajstić information content (AvgIpc) is 2.34. The van der Waals surface area contributed by atoms with Gasteiger partial charge in [-0.3, -0.25) is 9.69 Å². The number of ether oxygens (including phenoxy) is 1. The van der Waals surface area contributed by atoms with Crippen molar-refractivity contribution in [3.05, 3.63) is 0 Å². The molecule has 1 aliphatic heterocycles. The molecule has 0 saturated carbocycles. The molecule has 0 amide bonds. The summed E-state index contributed by atoms with van der Waals surface area (Å²) >= 11 is 0. The van der Waals surface area contributed by atoms with Crippen LogP contribution in [0.25, 0.3) is 0 Å². The van der Waals surface area contributed by atoms with E-state index in [1.807, 2.05) is 6.92 Å². The molecule has 1 aliphatic rings. The fraction of sp³-hybridized carbons (Fsp3) is 0.917. The maximum Gasteiger partial charge on any atom is 0.320 e. The summed E-state index contributed by atoms with van der Waals surface area (Å²) in [6, 6.07) is -0.385. The van der Waals surface area contributed by atoms with E-state index in [0.29, 0.717) is 6.42 Å². The highest BCUT2D eigenvalue weighted by Gasteiger charge is 2.15. The van der Waals surface area contributed by atoms with E-state index in [9.17, 15) is 4.79 Å². The normalized spacial score (nSPS) is 19.1. The molecule has 5 heteroatoms. The summed E-state index contributed by atoms with van der Waals surface area (Å²) in [4.78, 5) is 13.3. The summed E-state index contributed by atoms with van der Waals surface area (Å²) in [5.41, 5.74) is 0. The van der Waals surface area contributed by atoms with Gasteiger partial charge in [-0.15, -0.1) is 0 Å². The topological polar surface area (TPSA) is 61.8 Å². The Bertz CT molecular complexity index is 218. The first-order valence-electron chi connectivity index (χ1n) is 6.50. The Labute approximate surface area is 103 Å². The van der Waals surface area contributed by atoms with Crippen LogP contribution in [0, 0.1) is 0 Å². The lowest BCUT2D eigenvalue weighted by atomic mass is 10.1. The molecule has 0 spiro atoms. The molecule has 0 aromatic rings. The summed E-state index contributed by atoms with van der Waals surface area (Å²) in [6.45, 7) is 7.44. The monoisotopic (exact) mass is 244 g/mol. The van der Waals surface area contributed by atoms with Crippen LogP contribution in [0.3, 0.4) is 0 Å². The minimum absolute atomic E-state index is 0.385. The SMILES string of the molecule is CCCC(NCCCN1CCOCC1)C(=O)O. The number of nitrogens with one attached hydrogen (secondary N) is 1. The van der Waals surface area contributed by atoms with Gasteiger partial charge in [-0.1, -0.05) is 13.3 Å². The molecule has 1 heterocycles. The van der Waals surface area contributed by atoms with Crippen LogP contribution in [0.2, 0.25) is 0 Å². The number of rotatable bonds is 8. The standard InChI is InChI=1S/C12H24N2O3/c1-2-4-11(12(15)16)13-5-3-6-14-7-9-17-10-8-14/h11,13H,2-10H2,1H3,(H,15,16). The van der Waals surface area contributed by atoms with Gasteiger partial charge in [0.05, 0.1) is 13.2 Å². The zero-order valence-corrected chi connectivity index (χ0v) is 10.7. The molecular weight excluding hydrogens is 220 g/mol. The van der Waals surface area contributed by atoms with E-state index in [1.165, 1.54) is 0 Å². The maximum atomic E-state index is 10.9. The zero-order chi connectivity index (χ0) is 12.5. The number of nitrogens with zero attached hydrogens (tertiary/aromatic N) is 1. The molecule has 1 atom stereocenters. The van der Waals surface area contributed by atoms with E-state index >= 15 is 0 Å². The van der Waals surface area contributed by atoms with Crippen molar-refractivity contribution in [2.24, 2.45) is 0 Å². The fourth-order valence-corrected chi connectivity index (χ4v) is 2.01. The largest absolute Gasteiger partial charge is 0.480 e. The van der Waals surface area contributed by atoms with E-state index in [0.717, 1.165) is 52.2 Å². The van der Waals surface area contributed by atoms with Crippen molar-refractivity contribution in [1.29, 1.82) is 0 Å². The number of carboxylic acids is 1. The van der Waals surface area contributed by atoms with Crippen molar-refractivity contribution in [1.82, 2.24) is 10.2 Å². The van der Waals surface area contributed by atoms with Gasteiger partial charge in [0.1, 0.15) is 6.04 Å². The van der Waals surface area contributed by atoms with Gasteiger partial charge in [-0.2, -0.15) is 0 Å². The minimum atomic E-state index is -0.738. The Kier molecular flexibility index (Phi) is 7.16. The number of hydrogen-bond acceptors (Lipinski definition) is 4. The zero-order valence-electron chi connectivity index (χ0n) is 10.7. The van der Waals surface area contributed by atoms with Crippen LogP contribution in [0.4, 0.5) is 0 Å². The molecule has 0 bridgehead atoms. The van der Waals surface area contributed by atoms with Crippen LogP contribution >= 0.6 is 0 Å². The Morgan fingerprint density at radius 3 is 2.76 bits per heavy atom. The van der Waals surface area contributed by atoms with Gasteiger partial charge in [-0.25, -0.2) is 0 Å². The fourth-order valence-electron chi connectivity index (χ4n) is 2.01. The molecular formula is C12H24N2O3. The van der Waals surface area contributed by atoms with Crippen molar-refractivity contribution in [3.63, 3.8) is 0 Å². The Morgan fingerprint density at radius 1 is 1.47 bits per heavy atom. The second kappa shape index (κ2) is 8.44. The second-order valence-electron chi connectivity index (χ2n) is 4.44. The third kappa shape index (κ3) is 6.00. The van der Waals surface area contributed by atoms with E-state index in [4.69, 9.17) is 9.84 Å². The average molecular weight is 244 g/mol. The summed E-state index contributed by atoms with van der Waals surface area (Å²) in [5, 5.41) is 12.1. The van der Waals surface area contributed by atoms with Gasteiger partial charge < -0.3 is 15.2 Å². The highest BCUT2D eigenvalue weighted by atomic mass is 16.5. The summed E-state index contributed by atoms with van der Waals surface area (Å²) in [6.07, 6.45) is 2.59. The van der Waals surface area contributed by atoms with E-state index in [1.54, 1.807) is 0 Å². The number of hydrogen-bond donors (Lipinski definition) is 2. The lowest BCUT2D eigenvalue weighted by Gasteiger charge is -2.26.